The maximum absolute atomic E-state index is 11.5. The zero-order valence-electron chi connectivity index (χ0n) is 2.90. The fourth-order valence-electron chi connectivity index (χ4n) is 0.207. The van der Waals surface area contributed by atoms with Crippen molar-refractivity contribution in [3.8, 4) is 0 Å². The molecule has 2 nitrogen and oxygen atoms in total. The molecule has 0 atom stereocenters. The second-order valence-corrected chi connectivity index (χ2v) is 0.845. The molecule has 0 unspecified atom stereocenters. The van der Waals surface area contributed by atoms with Crippen LogP contribution in [0.4, 0.5) is 4.39 Å². The van der Waals surface area contributed by atoms with Crippen LogP contribution in [0.15, 0.2) is 6.20 Å². The van der Waals surface area contributed by atoms with Crippen LogP contribution in [0.3, 0.4) is 0 Å². The van der Waals surface area contributed by atoms with Crippen LogP contribution in [0, 0.1) is 12.0 Å². The summed E-state index contributed by atoms with van der Waals surface area (Å²) in [7, 11) is 0. The molecule has 1 N–H and O–H groups in total. The van der Waals surface area contributed by atoms with E-state index in [9.17, 15) is 4.39 Å². The Morgan fingerprint density at radius 2 is 2.83 bits per heavy atom. The van der Waals surface area contributed by atoms with Crippen molar-refractivity contribution in [1.29, 1.82) is 0 Å². The van der Waals surface area contributed by atoms with Gasteiger partial charge in [-0.3, -0.25) is 5.10 Å². The molecule has 0 aliphatic carbocycles. The van der Waals surface area contributed by atoms with Gasteiger partial charge < -0.3 is 0 Å². The Balaban J connectivity index is 3.05. The zero-order valence-corrected chi connectivity index (χ0v) is 2.90. The van der Waals surface area contributed by atoms with Crippen LogP contribution in [0.5, 0.6) is 0 Å². The maximum atomic E-state index is 11.5. The van der Waals surface area contributed by atoms with Gasteiger partial charge in [-0.15, -0.1) is 0 Å². The van der Waals surface area contributed by atoms with Crippen LogP contribution < -0.4 is 0 Å². The lowest BCUT2D eigenvalue weighted by atomic mass is 10.7. The minimum absolute atomic E-state index is 0.449. The van der Waals surface area contributed by atoms with Crippen LogP contribution in [-0.4, -0.2) is 10.2 Å². The van der Waals surface area contributed by atoms with Gasteiger partial charge in [0, 0.05) is 0 Å². The minimum Gasteiger partial charge on any atom is -0.282 e. The normalized spacial score (nSPS) is 8.83. The minimum atomic E-state index is -0.449. The summed E-state index contributed by atoms with van der Waals surface area (Å²) in [5, 5.41) is 5.45. The van der Waals surface area contributed by atoms with E-state index in [1.54, 1.807) is 0 Å². The lowest BCUT2D eigenvalue weighted by Gasteiger charge is -1.56. The Hall–Kier alpha value is -0.860. The first-order valence-electron chi connectivity index (χ1n) is 1.46. The number of hydrogen-bond donors (Lipinski definition) is 1. The zero-order chi connectivity index (χ0) is 4.41. The summed E-state index contributed by atoms with van der Waals surface area (Å²) in [6.07, 6.45) is 3.15. The van der Waals surface area contributed by atoms with E-state index >= 15 is 0 Å². The summed E-state index contributed by atoms with van der Waals surface area (Å²) in [4.78, 5) is 0. The van der Waals surface area contributed by atoms with Crippen molar-refractivity contribution in [2.45, 2.75) is 0 Å². The van der Waals surface area contributed by atoms with Gasteiger partial charge in [0.25, 0.3) is 0 Å². The Kier molecular flexibility index (Phi) is 0.602. The van der Waals surface area contributed by atoms with Gasteiger partial charge in [-0.05, 0) is 0 Å². The van der Waals surface area contributed by atoms with Gasteiger partial charge in [0.05, 0.1) is 6.20 Å². The average molecular weight is 85.1 g/mol. The Morgan fingerprint density at radius 3 is 3.00 bits per heavy atom. The molecule has 0 aromatic carbocycles. The summed E-state index contributed by atoms with van der Waals surface area (Å²) < 4.78 is 11.5. The lowest BCUT2D eigenvalue weighted by Crippen LogP contribution is -1.55. The van der Waals surface area contributed by atoms with Crippen molar-refractivity contribution < 1.29 is 4.39 Å². The summed E-state index contributed by atoms with van der Waals surface area (Å²) in [5.74, 6) is -0.449. The first-order valence-corrected chi connectivity index (χ1v) is 1.46. The maximum Gasteiger partial charge on any atom is 0.170 e. The topological polar surface area (TPSA) is 28.7 Å². The van der Waals surface area contributed by atoms with E-state index in [0.717, 1.165) is 6.20 Å². The van der Waals surface area contributed by atoms with Crippen molar-refractivity contribution in [3.05, 3.63) is 18.2 Å². The third-order valence-corrected chi connectivity index (χ3v) is 0.419. The number of nitrogens with one attached hydrogen (secondary N) is 1. The first-order chi connectivity index (χ1) is 2.89. The molecule has 1 rings (SSSR count). The van der Waals surface area contributed by atoms with E-state index < -0.39 is 5.82 Å². The molecule has 0 spiro atoms. The highest BCUT2D eigenvalue weighted by molar-refractivity contribution is 4.76. The quantitative estimate of drug-likeness (QED) is 0.483. The van der Waals surface area contributed by atoms with E-state index in [4.69, 9.17) is 0 Å². The SMILES string of the molecule is Fc1[c]n[nH]c1. The number of rotatable bonds is 0. The van der Waals surface area contributed by atoms with Crippen molar-refractivity contribution in [1.82, 2.24) is 10.2 Å². The molecule has 3 heteroatoms. The molecule has 0 fully saturated rings. The lowest BCUT2D eigenvalue weighted by molar-refractivity contribution is 0.626. The fraction of sp³-hybridized carbons (Fsp3) is 0. The number of aromatic amines is 1. The Labute approximate surface area is 34.0 Å². The van der Waals surface area contributed by atoms with E-state index in [2.05, 4.69) is 10.2 Å². The monoisotopic (exact) mass is 85.0 g/mol. The molecule has 6 heavy (non-hydrogen) atoms. The highest BCUT2D eigenvalue weighted by Crippen LogP contribution is 1.83. The number of nitrogens with zero attached hydrogens (tertiary/aromatic N) is 1. The molecular weight excluding hydrogens is 83.0 g/mol. The van der Waals surface area contributed by atoms with Crippen molar-refractivity contribution in [2.24, 2.45) is 0 Å². The van der Waals surface area contributed by atoms with Gasteiger partial charge >= 0.3 is 0 Å². The standard InChI is InChI=1S/C3H2FN2/c4-3-1-5-6-2-3/h1H,(H,5,6). The highest BCUT2D eigenvalue weighted by Gasteiger charge is 1.82. The second kappa shape index (κ2) is 1.08. The molecule has 1 heterocycles. The predicted molar refractivity (Wildman–Crippen MR) is 17.4 cm³/mol. The Morgan fingerprint density at radius 1 is 2.00 bits per heavy atom. The molecule has 0 bridgehead atoms. The van der Waals surface area contributed by atoms with Gasteiger partial charge in [-0.1, -0.05) is 0 Å². The molecule has 1 radical (unpaired) electrons. The summed E-state index contributed by atoms with van der Waals surface area (Å²) >= 11 is 0. The molecule has 1 aromatic heterocycles. The van der Waals surface area contributed by atoms with Crippen molar-refractivity contribution in [2.75, 3.05) is 0 Å². The van der Waals surface area contributed by atoms with Crippen LogP contribution in [0.2, 0.25) is 0 Å². The molecule has 0 aliphatic rings. The molecule has 31 valence electrons. The summed E-state index contributed by atoms with van der Waals surface area (Å²) in [6, 6.07) is 0. The van der Waals surface area contributed by atoms with Gasteiger partial charge in [0.1, 0.15) is 0 Å². The number of H-pyrrole nitrogens is 1. The summed E-state index contributed by atoms with van der Waals surface area (Å²) in [6.45, 7) is 0. The van der Waals surface area contributed by atoms with E-state index in [1.807, 2.05) is 6.20 Å². The highest BCUT2D eigenvalue weighted by atomic mass is 19.1. The van der Waals surface area contributed by atoms with E-state index in [-0.39, 0.29) is 0 Å². The van der Waals surface area contributed by atoms with Crippen molar-refractivity contribution >= 4 is 0 Å². The third kappa shape index (κ3) is 0.381. The van der Waals surface area contributed by atoms with Crippen LogP contribution >= 0.6 is 0 Å². The second-order valence-electron chi connectivity index (χ2n) is 0.845. The van der Waals surface area contributed by atoms with Gasteiger partial charge in [0.2, 0.25) is 0 Å². The van der Waals surface area contributed by atoms with Crippen LogP contribution in [0.1, 0.15) is 0 Å². The van der Waals surface area contributed by atoms with Gasteiger partial charge in [0.15, 0.2) is 12.0 Å². The van der Waals surface area contributed by atoms with Gasteiger partial charge in [-0.2, -0.15) is 5.10 Å². The number of aromatic nitrogens is 2. The predicted octanol–water partition coefficient (Wildman–Crippen LogP) is 0.349. The molecular formula is C3H2FN2. The first kappa shape index (κ1) is 3.33. The van der Waals surface area contributed by atoms with E-state index in [0.29, 0.717) is 0 Å². The van der Waals surface area contributed by atoms with Crippen LogP contribution in [-0.2, 0) is 0 Å². The van der Waals surface area contributed by atoms with Gasteiger partial charge in [-0.25, -0.2) is 4.39 Å². The molecule has 1 aromatic rings. The number of hydrogen-bond acceptors (Lipinski definition) is 1. The molecule has 0 saturated heterocycles. The van der Waals surface area contributed by atoms with Crippen molar-refractivity contribution in [3.63, 3.8) is 0 Å². The molecule has 0 aliphatic heterocycles. The van der Waals surface area contributed by atoms with Crippen LogP contribution in [0.25, 0.3) is 0 Å². The smallest absolute Gasteiger partial charge is 0.170 e. The fourth-order valence-corrected chi connectivity index (χ4v) is 0.207. The molecule has 0 saturated carbocycles. The third-order valence-electron chi connectivity index (χ3n) is 0.419. The largest absolute Gasteiger partial charge is 0.282 e. The number of halogens is 1. The molecule has 0 amide bonds. The summed E-state index contributed by atoms with van der Waals surface area (Å²) in [5.41, 5.74) is 0. The Bertz CT molecular complexity index is 112. The average Bonchev–Trinajstić information content (AvgIpc) is 1.86. The van der Waals surface area contributed by atoms with E-state index in [1.165, 1.54) is 0 Å².